The van der Waals surface area contributed by atoms with Gasteiger partial charge in [0.05, 0.1) is 5.54 Å². The molecule has 1 aliphatic rings. The van der Waals surface area contributed by atoms with Crippen molar-refractivity contribution in [2.24, 2.45) is 11.7 Å². The summed E-state index contributed by atoms with van der Waals surface area (Å²) in [6.45, 7) is 4.03. The van der Waals surface area contributed by atoms with Gasteiger partial charge in [-0.25, -0.2) is 0 Å². The highest BCUT2D eigenvalue weighted by Crippen LogP contribution is 2.43. The van der Waals surface area contributed by atoms with Gasteiger partial charge in [-0.2, -0.15) is 0 Å². The molecule has 1 aliphatic carbocycles. The van der Waals surface area contributed by atoms with Crippen LogP contribution in [-0.2, 0) is 5.54 Å². The first-order valence-corrected chi connectivity index (χ1v) is 6.37. The second-order valence-corrected chi connectivity index (χ2v) is 5.30. The van der Waals surface area contributed by atoms with Crippen LogP contribution in [-0.4, -0.2) is 14.8 Å². The van der Waals surface area contributed by atoms with Crippen LogP contribution in [0.25, 0.3) is 5.69 Å². The van der Waals surface area contributed by atoms with Crippen LogP contribution in [0.1, 0.15) is 31.4 Å². The van der Waals surface area contributed by atoms with Crippen molar-refractivity contribution in [3.05, 3.63) is 42.0 Å². The minimum absolute atomic E-state index is 0.392. The number of aryl methyl sites for hydroxylation is 1. The number of aromatic nitrogens is 3. The number of nitrogens with two attached hydrogens (primary N) is 1. The number of para-hydroxylation sites is 1. The van der Waals surface area contributed by atoms with Crippen molar-refractivity contribution < 1.29 is 0 Å². The molecule has 0 bridgehead atoms. The Morgan fingerprint density at radius 2 is 1.89 bits per heavy atom. The van der Waals surface area contributed by atoms with Crippen molar-refractivity contribution in [3.8, 4) is 5.69 Å². The number of hydrogen-bond acceptors (Lipinski definition) is 3. The smallest absolute Gasteiger partial charge is 0.157 e. The molecule has 0 aliphatic heterocycles. The Labute approximate surface area is 107 Å². The van der Waals surface area contributed by atoms with Crippen molar-refractivity contribution in [2.75, 3.05) is 0 Å². The van der Waals surface area contributed by atoms with Crippen molar-refractivity contribution >= 4 is 0 Å². The molecule has 1 fully saturated rings. The topological polar surface area (TPSA) is 56.7 Å². The second-order valence-electron chi connectivity index (χ2n) is 5.30. The molecule has 4 nitrogen and oxygen atoms in total. The fourth-order valence-corrected chi connectivity index (χ4v) is 2.46. The molecule has 0 saturated heterocycles. The lowest BCUT2D eigenvalue weighted by Crippen LogP contribution is -2.38. The summed E-state index contributed by atoms with van der Waals surface area (Å²) in [6, 6.07) is 10.2. The molecule has 1 atom stereocenters. The molecular weight excluding hydrogens is 224 g/mol. The van der Waals surface area contributed by atoms with Gasteiger partial charge in [-0.1, -0.05) is 18.2 Å². The zero-order valence-electron chi connectivity index (χ0n) is 10.8. The molecule has 2 N–H and O–H groups in total. The minimum Gasteiger partial charge on any atom is -0.319 e. The summed E-state index contributed by atoms with van der Waals surface area (Å²) in [4.78, 5) is 0. The molecular formula is C14H18N4. The largest absolute Gasteiger partial charge is 0.319 e. The van der Waals surface area contributed by atoms with E-state index in [0.717, 1.165) is 17.3 Å². The Hall–Kier alpha value is -1.68. The van der Waals surface area contributed by atoms with E-state index in [-0.39, 0.29) is 0 Å². The van der Waals surface area contributed by atoms with E-state index in [1.54, 1.807) is 0 Å². The van der Waals surface area contributed by atoms with Crippen molar-refractivity contribution in [1.29, 1.82) is 0 Å². The highest BCUT2D eigenvalue weighted by molar-refractivity contribution is 5.35. The normalized spacial score (nSPS) is 18.6. The average Bonchev–Trinajstić information content (AvgIpc) is 3.14. The quantitative estimate of drug-likeness (QED) is 0.897. The molecule has 3 rings (SSSR count). The van der Waals surface area contributed by atoms with Crippen LogP contribution >= 0.6 is 0 Å². The first kappa shape index (κ1) is 11.4. The van der Waals surface area contributed by atoms with Crippen LogP contribution in [0.3, 0.4) is 0 Å². The van der Waals surface area contributed by atoms with Crippen molar-refractivity contribution in [3.63, 3.8) is 0 Å². The Morgan fingerprint density at radius 1 is 1.22 bits per heavy atom. The minimum atomic E-state index is -0.392. The Morgan fingerprint density at radius 3 is 2.50 bits per heavy atom. The first-order chi connectivity index (χ1) is 8.60. The molecule has 0 spiro atoms. The van der Waals surface area contributed by atoms with Crippen molar-refractivity contribution in [1.82, 2.24) is 14.8 Å². The predicted molar refractivity (Wildman–Crippen MR) is 70.4 cm³/mol. The van der Waals surface area contributed by atoms with E-state index in [0.29, 0.717) is 5.92 Å². The number of benzene rings is 1. The van der Waals surface area contributed by atoms with Crippen molar-refractivity contribution in [2.45, 2.75) is 32.2 Å². The molecule has 0 amide bonds. The van der Waals surface area contributed by atoms with Crippen LogP contribution in [0.4, 0.5) is 0 Å². The average molecular weight is 242 g/mol. The summed E-state index contributed by atoms with van der Waals surface area (Å²) in [7, 11) is 0. The van der Waals surface area contributed by atoms with Gasteiger partial charge in [-0.15, -0.1) is 10.2 Å². The molecule has 94 valence electrons. The van der Waals surface area contributed by atoms with E-state index in [4.69, 9.17) is 5.73 Å². The molecule has 18 heavy (non-hydrogen) atoms. The summed E-state index contributed by atoms with van der Waals surface area (Å²) < 4.78 is 2.07. The van der Waals surface area contributed by atoms with Gasteiger partial charge < -0.3 is 5.73 Å². The van der Waals surface area contributed by atoms with Gasteiger partial charge in [0.1, 0.15) is 5.82 Å². The highest BCUT2D eigenvalue weighted by Gasteiger charge is 2.43. The van der Waals surface area contributed by atoms with Gasteiger partial charge in [0.15, 0.2) is 5.82 Å². The van der Waals surface area contributed by atoms with E-state index < -0.39 is 5.54 Å². The summed E-state index contributed by atoms with van der Waals surface area (Å²) in [5.41, 5.74) is 7.16. The lowest BCUT2D eigenvalue weighted by molar-refractivity contribution is 0.393. The maximum atomic E-state index is 6.47. The maximum absolute atomic E-state index is 6.47. The molecule has 1 aromatic carbocycles. The van der Waals surface area contributed by atoms with Gasteiger partial charge in [-0.05, 0) is 44.7 Å². The maximum Gasteiger partial charge on any atom is 0.157 e. The number of hydrogen-bond donors (Lipinski definition) is 1. The third-order valence-corrected chi connectivity index (χ3v) is 3.75. The van der Waals surface area contributed by atoms with Crippen LogP contribution in [0.15, 0.2) is 30.3 Å². The van der Waals surface area contributed by atoms with E-state index in [1.165, 1.54) is 12.8 Å². The lowest BCUT2D eigenvalue weighted by atomic mass is 9.96. The first-order valence-electron chi connectivity index (χ1n) is 6.37. The van der Waals surface area contributed by atoms with Gasteiger partial charge in [0.25, 0.3) is 0 Å². The number of rotatable bonds is 3. The molecule has 4 heteroatoms. The SMILES string of the molecule is Cc1nnc(C(C)(N)C2CC2)n1-c1ccccc1. The summed E-state index contributed by atoms with van der Waals surface area (Å²) >= 11 is 0. The van der Waals surface area contributed by atoms with Gasteiger partial charge in [0, 0.05) is 5.69 Å². The fraction of sp³-hybridized carbons (Fsp3) is 0.429. The monoisotopic (exact) mass is 242 g/mol. The zero-order chi connectivity index (χ0) is 12.8. The van der Waals surface area contributed by atoms with Gasteiger partial charge >= 0.3 is 0 Å². The molecule has 2 aromatic rings. The Balaban J connectivity index is 2.12. The van der Waals surface area contributed by atoms with Crippen LogP contribution < -0.4 is 5.73 Å². The second kappa shape index (κ2) is 3.92. The zero-order valence-corrected chi connectivity index (χ0v) is 10.8. The highest BCUT2D eigenvalue weighted by atomic mass is 15.3. The molecule has 1 heterocycles. The van der Waals surface area contributed by atoms with E-state index >= 15 is 0 Å². The summed E-state index contributed by atoms with van der Waals surface area (Å²) in [6.07, 6.45) is 2.38. The molecule has 1 saturated carbocycles. The third-order valence-electron chi connectivity index (χ3n) is 3.75. The Bertz CT molecular complexity index is 552. The number of nitrogens with zero attached hydrogens (tertiary/aromatic N) is 3. The summed E-state index contributed by atoms with van der Waals surface area (Å²) in [5.74, 6) is 2.28. The third kappa shape index (κ3) is 1.73. The van der Waals surface area contributed by atoms with Crippen LogP contribution in [0.2, 0.25) is 0 Å². The molecule has 0 radical (unpaired) electrons. The standard InChI is InChI=1S/C14H18N4/c1-10-16-17-13(14(2,15)11-8-9-11)18(10)12-6-4-3-5-7-12/h3-7,11H,8-9,15H2,1-2H3. The van der Waals surface area contributed by atoms with E-state index in [2.05, 4.69) is 33.8 Å². The summed E-state index contributed by atoms with van der Waals surface area (Å²) in [5, 5.41) is 8.52. The molecule has 1 aromatic heterocycles. The Kier molecular flexibility index (Phi) is 2.48. The van der Waals surface area contributed by atoms with Crippen LogP contribution in [0.5, 0.6) is 0 Å². The van der Waals surface area contributed by atoms with Crippen LogP contribution in [0, 0.1) is 12.8 Å². The van der Waals surface area contributed by atoms with E-state index in [9.17, 15) is 0 Å². The fourth-order valence-electron chi connectivity index (χ4n) is 2.46. The van der Waals surface area contributed by atoms with Gasteiger partial charge in [0.2, 0.25) is 0 Å². The van der Waals surface area contributed by atoms with E-state index in [1.807, 2.05) is 25.1 Å². The molecule has 1 unspecified atom stereocenters. The van der Waals surface area contributed by atoms with Gasteiger partial charge in [-0.3, -0.25) is 4.57 Å². The predicted octanol–water partition coefficient (Wildman–Crippen LogP) is 2.16. The lowest BCUT2D eigenvalue weighted by Gasteiger charge is -2.24.